The summed E-state index contributed by atoms with van der Waals surface area (Å²) >= 11 is 5.79. The van der Waals surface area contributed by atoms with Crippen LogP contribution in [0.4, 0.5) is 0 Å². The monoisotopic (exact) mass is 307 g/mol. The van der Waals surface area contributed by atoms with Crippen molar-refractivity contribution in [2.75, 3.05) is 13.7 Å². The highest BCUT2D eigenvalue weighted by atomic mass is 35.5. The van der Waals surface area contributed by atoms with E-state index in [-0.39, 0.29) is 12.5 Å². The molecule has 2 aromatic rings. The van der Waals surface area contributed by atoms with Gasteiger partial charge in [0.1, 0.15) is 5.75 Å². The number of hydrogen-bond donors (Lipinski definition) is 0. The van der Waals surface area contributed by atoms with Crippen LogP contribution in [0.25, 0.3) is 0 Å². The Morgan fingerprint density at radius 2 is 2.05 bits per heavy atom. The number of amides is 1. The zero-order valence-corrected chi connectivity index (χ0v) is 13.1. The van der Waals surface area contributed by atoms with Crippen molar-refractivity contribution in [1.82, 2.24) is 14.7 Å². The van der Waals surface area contributed by atoms with Gasteiger partial charge in [-0.15, -0.1) is 0 Å². The molecule has 1 heterocycles. The highest BCUT2D eigenvalue weighted by Gasteiger charge is 2.13. The molecule has 0 radical (unpaired) electrons. The van der Waals surface area contributed by atoms with Crippen LogP contribution in [0, 0.1) is 6.92 Å². The molecule has 0 fully saturated rings. The maximum absolute atomic E-state index is 12.1. The van der Waals surface area contributed by atoms with Gasteiger partial charge in [-0.2, -0.15) is 5.10 Å². The molecule has 21 heavy (non-hydrogen) atoms. The molecule has 0 unspecified atom stereocenters. The average Bonchev–Trinajstić information content (AvgIpc) is 2.78. The summed E-state index contributed by atoms with van der Waals surface area (Å²) in [5.41, 5.74) is 2.08. The van der Waals surface area contributed by atoms with E-state index in [4.69, 9.17) is 16.3 Å². The van der Waals surface area contributed by atoms with Gasteiger partial charge >= 0.3 is 0 Å². The van der Waals surface area contributed by atoms with Gasteiger partial charge in [-0.3, -0.25) is 9.48 Å². The van der Waals surface area contributed by atoms with Crippen molar-refractivity contribution in [3.8, 4) is 5.75 Å². The summed E-state index contributed by atoms with van der Waals surface area (Å²) in [5, 5.41) is 4.80. The molecule has 1 aromatic heterocycles. The number of halogens is 1. The highest BCUT2D eigenvalue weighted by Crippen LogP contribution is 2.15. The van der Waals surface area contributed by atoms with Crippen LogP contribution in [0.5, 0.6) is 5.75 Å². The van der Waals surface area contributed by atoms with Gasteiger partial charge in [0.25, 0.3) is 5.91 Å². The third-order valence-electron chi connectivity index (χ3n) is 3.35. The van der Waals surface area contributed by atoms with Gasteiger partial charge in [-0.05, 0) is 31.2 Å². The van der Waals surface area contributed by atoms with E-state index >= 15 is 0 Å². The molecule has 6 heteroatoms. The first kappa shape index (κ1) is 15.4. The summed E-state index contributed by atoms with van der Waals surface area (Å²) < 4.78 is 7.24. The minimum atomic E-state index is -0.0896. The summed E-state index contributed by atoms with van der Waals surface area (Å²) in [7, 11) is 3.63. The predicted molar refractivity (Wildman–Crippen MR) is 81.4 cm³/mol. The van der Waals surface area contributed by atoms with Crippen molar-refractivity contribution in [1.29, 1.82) is 0 Å². The molecular formula is C15H18ClN3O2. The van der Waals surface area contributed by atoms with Crippen LogP contribution in [0.3, 0.4) is 0 Å². The third kappa shape index (κ3) is 3.98. The van der Waals surface area contributed by atoms with Crippen molar-refractivity contribution < 1.29 is 9.53 Å². The number of rotatable bonds is 5. The van der Waals surface area contributed by atoms with Crippen molar-refractivity contribution in [2.24, 2.45) is 7.05 Å². The van der Waals surface area contributed by atoms with E-state index in [9.17, 15) is 4.79 Å². The highest BCUT2D eigenvalue weighted by molar-refractivity contribution is 6.30. The maximum Gasteiger partial charge on any atom is 0.260 e. The van der Waals surface area contributed by atoms with Gasteiger partial charge < -0.3 is 9.64 Å². The molecule has 0 atom stereocenters. The lowest BCUT2D eigenvalue weighted by Crippen LogP contribution is -2.31. The average molecular weight is 308 g/mol. The fourth-order valence-corrected chi connectivity index (χ4v) is 1.96. The van der Waals surface area contributed by atoms with Crippen molar-refractivity contribution >= 4 is 17.5 Å². The Balaban J connectivity index is 1.88. The summed E-state index contributed by atoms with van der Waals surface area (Å²) in [6, 6.07) is 6.93. The zero-order chi connectivity index (χ0) is 15.4. The number of likely N-dealkylation sites (N-methyl/N-ethyl adjacent to an activating group) is 1. The molecule has 2 rings (SSSR count). The Hall–Kier alpha value is -2.01. The van der Waals surface area contributed by atoms with Crippen LogP contribution in [0.15, 0.2) is 30.5 Å². The zero-order valence-electron chi connectivity index (χ0n) is 12.3. The number of ether oxygens (including phenoxy) is 1. The van der Waals surface area contributed by atoms with E-state index in [2.05, 4.69) is 5.10 Å². The first-order chi connectivity index (χ1) is 9.97. The van der Waals surface area contributed by atoms with Gasteiger partial charge in [-0.25, -0.2) is 0 Å². The predicted octanol–water partition coefficient (Wildman–Crippen LogP) is 2.42. The minimum absolute atomic E-state index is 0.00254. The molecular weight excluding hydrogens is 290 g/mol. The minimum Gasteiger partial charge on any atom is -0.484 e. The van der Waals surface area contributed by atoms with Gasteiger partial charge in [0.2, 0.25) is 0 Å². The molecule has 1 aromatic carbocycles. The van der Waals surface area contributed by atoms with Crippen molar-refractivity contribution in [2.45, 2.75) is 13.5 Å². The summed E-state index contributed by atoms with van der Waals surface area (Å²) in [5.74, 6) is 0.534. The fraction of sp³-hybridized carbons (Fsp3) is 0.333. The Bertz CT molecular complexity index is 622. The van der Waals surface area contributed by atoms with E-state index in [1.807, 2.05) is 14.0 Å². The molecule has 1 amide bonds. The fourth-order valence-electron chi connectivity index (χ4n) is 1.83. The second kappa shape index (κ2) is 6.63. The van der Waals surface area contributed by atoms with Crippen LogP contribution in [-0.2, 0) is 18.4 Å². The van der Waals surface area contributed by atoms with E-state index in [0.717, 1.165) is 11.3 Å². The number of nitrogens with zero attached hydrogens (tertiary/aromatic N) is 3. The lowest BCUT2D eigenvalue weighted by Gasteiger charge is -2.17. The van der Waals surface area contributed by atoms with Crippen LogP contribution < -0.4 is 4.74 Å². The van der Waals surface area contributed by atoms with Crippen LogP contribution in [-0.4, -0.2) is 34.2 Å². The van der Waals surface area contributed by atoms with Gasteiger partial charge in [-0.1, -0.05) is 11.6 Å². The molecule has 0 bridgehead atoms. The quantitative estimate of drug-likeness (QED) is 0.852. The topological polar surface area (TPSA) is 47.4 Å². The van der Waals surface area contributed by atoms with Gasteiger partial charge in [0.15, 0.2) is 6.61 Å². The van der Waals surface area contributed by atoms with E-state index in [1.54, 1.807) is 47.1 Å². The van der Waals surface area contributed by atoms with Gasteiger partial charge in [0.05, 0.1) is 6.20 Å². The molecule has 5 nitrogen and oxygen atoms in total. The van der Waals surface area contributed by atoms with E-state index < -0.39 is 0 Å². The first-order valence-corrected chi connectivity index (χ1v) is 6.95. The number of aromatic nitrogens is 2. The van der Waals surface area contributed by atoms with E-state index in [0.29, 0.717) is 17.3 Å². The Morgan fingerprint density at radius 3 is 2.62 bits per heavy atom. The first-order valence-electron chi connectivity index (χ1n) is 6.57. The SMILES string of the molecule is Cc1c(CN(C)C(=O)COc2ccc(Cl)cc2)cnn1C. The summed E-state index contributed by atoms with van der Waals surface area (Å²) in [4.78, 5) is 13.7. The maximum atomic E-state index is 12.1. The normalized spacial score (nSPS) is 10.5. The standard InChI is InChI=1S/C15H18ClN3O2/c1-11-12(8-17-19(11)3)9-18(2)15(20)10-21-14-6-4-13(16)5-7-14/h4-8H,9-10H2,1-3H3. The second-order valence-electron chi connectivity index (χ2n) is 4.87. The second-order valence-corrected chi connectivity index (χ2v) is 5.31. The number of benzene rings is 1. The largest absolute Gasteiger partial charge is 0.484 e. The number of carbonyl (C=O) groups excluding carboxylic acids is 1. The van der Waals surface area contributed by atoms with Crippen molar-refractivity contribution in [3.05, 3.63) is 46.7 Å². The van der Waals surface area contributed by atoms with Crippen LogP contribution in [0.2, 0.25) is 5.02 Å². The summed E-state index contributed by atoms with van der Waals surface area (Å²) in [6.07, 6.45) is 1.78. The number of hydrogen-bond acceptors (Lipinski definition) is 3. The lowest BCUT2D eigenvalue weighted by molar-refractivity contribution is -0.132. The molecule has 0 saturated heterocycles. The summed E-state index contributed by atoms with van der Waals surface area (Å²) in [6.45, 7) is 2.49. The third-order valence-corrected chi connectivity index (χ3v) is 3.60. The van der Waals surface area contributed by atoms with E-state index in [1.165, 1.54) is 0 Å². The molecule has 0 aliphatic heterocycles. The Kier molecular flexibility index (Phi) is 4.85. The van der Waals surface area contributed by atoms with Crippen LogP contribution >= 0.6 is 11.6 Å². The molecule has 0 aliphatic carbocycles. The molecule has 0 spiro atoms. The Labute approximate surface area is 129 Å². The number of carbonyl (C=O) groups is 1. The molecule has 0 saturated carbocycles. The van der Waals surface area contributed by atoms with Crippen molar-refractivity contribution in [3.63, 3.8) is 0 Å². The molecule has 0 aliphatic rings. The molecule has 0 N–H and O–H groups in total. The Morgan fingerprint density at radius 1 is 1.38 bits per heavy atom. The smallest absolute Gasteiger partial charge is 0.260 e. The molecule has 112 valence electrons. The van der Waals surface area contributed by atoms with Crippen LogP contribution in [0.1, 0.15) is 11.3 Å². The lowest BCUT2D eigenvalue weighted by atomic mass is 10.2. The van der Waals surface area contributed by atoms with Gasteiger partial charge in [0, 0.05) is 36.9 Å². The number of aryl methyl sites for hydroxylation is 1.